The summed E-state index contributed by atoms with van der Waals surface area (Å²) in [5.41, 5.74) is 4.82. The van der Waals surface area contributed by atoms with Crippen LogP contribution in [-0.2, 0) is 9.59 Å². The quantitative estimate of drug-likeness (QED) is 0.551. The minimum Gasteiger partial charge on any atom is -0.481 e. The Kier molecular flexibility index (Phi) is 1.94. The van der Waals surface area contributed by atoms with E-state index >= 15 is 0 Å². The number of carboxylic acids is 1. The SMILES string of the molecule is NC(=O)/C=C/[C@@H]1C[C@H]1C(=O)O. The Morgan fingerprint density at radius 1 is 1.55 bits per heavy atom. The molecule has 1 amide bonds. The fraction of sp³-hybridized carbons (Fsp3) is 0.429. The van der Waals surface area contributed by atoms with Crippen molar-refractivity contribution in [3.8, 4) is 0 Å². The summed E-state index contributed by atoms with van der Waals surface area (Å²) in [6.45, 7) is 0. The number of rotatable bonds is 3. The predicted octanol–water partition coefficient (Wildman–Crippen LogP) is -0.251. The summed E-state index contributed by atoms with van der Waals surface area (Å²) in [7, 11) is 0. The fourth-order valence-electron chi connectivity index (χ4n) is 0.930. The van der Waals surface area contributed by atoms with Gasteiger partial charge in [-0.1, -0.05) is 6.08 Å². The highest BCUT2D eigenvalue weighted by molar-refractivity contribution is 5.86. The van der Waals surface area contributed by atoms with Gasteiger partial charge in [-0.25, -0.2) is 0 Å². The first-order valence-electron chi connectivity index (χ1n) is 3.31. The maximum absolute atomic E-state index is 10.3. The second-order valence-electron chi connectivity index (χ2n) is 2.61. The van der Waals surface area contributed by atoms with Gasteiger partial charge in [0, 0.05) is 0 Å². The van der Waals surface area contributed by atoms with Crippen LogP contribution in [0.25, 0.3) is 0 Å². The van der Waals surface area contributed by atoms with Gasteiger partial charge in [-0.05, 0) is 18.4 Å². The Labute approximate surface area is 63.7 Å². The van der Waals surface area contributed by atoms with Crippen LogP contribution < -0.4 is 5.73 Å². The molecule has 4 nitrogen and oxygen atoms in total. The first-order chi connectivity index (χ1) is 5.11. The second-order valence-corrected chi connectivity index (χ2v) is 2.61. The van der Waals surface area contributed by atoms with Crippen LogP contribution in [0.15, 0.2) is 12.2 Å². The smallest absolute Gasteiger partial charge is 0.307 e. The highest BCUT2D eigenvalue weighted by Gasteiger charge is 2.41. The molecule has 0 aromatic heterocycles. The van der Waals surface area contributed by atoms with E-state index in [0.29, 0.717) is 6.42 Å². The lowest BCUT2D eigenvalue weighted by Crippen LogP contribution is -2.06. The third kappa shape index (κ3) is 2.07. The third-order valence-corrected chi connectivity index (χ3v) is 1.66. The topological polar surface area (TPSA) is 80.4 Å². The van der Waals surface area contributed by atoms with Crippen LogP contribution in [0.1, 0.15) is 6.42 Å². The Bertz CT molecular complexity index is 222. The van der Waals surface area contributed by atoms with Crippen LogP contribution in [0.5, 0.6) is 0 Å². The van der Waals surface area contributed by atoms with Crippen molar-refractivity contribution in [2.75, 3.05) is 0 Å². The van der Waals surface area contributed by atoms with E-state index in [4.69, 9.17) is 10.8 Å². The fourth-order valence-corrected chi connectivity index (χ4v) is 0.930. The molecule has 0 aliphatic heterocycles. The van der Waals surface area contributed by atoms with Crippen LogP contribution in [0, 0.1) is 11.8 Å². The second kappa shape index (κ2) is 2.74. The summed E-state index contributed by atoms with van der Waals surface area (Å²) in [6.07, 6.45) is 3.40. The largest absolute Gasteiger partial charge is 0.481 e. The van der Waals surface area contributed by atoms with Gasteiger partial charge in [0.2, 0.25) is 5.91 Å². The van der Waals surface area contributed by atoms with Gasteiger partial charge in [-0.2, -0.15) is 0 Å². The lowest BCUT2D eigenvalue weighted by atomic mass is 10.3. The average Bonchev–Trinajstić information content (AvgIpc) is 2.61. The molecule has 1 fully saturated rings. The molecule has 0 spiro atoms. The first-order valence-corrected chi connectivity index (χ1v) is 3.31. The van der Waals surface area contributed by atoms with Gasteiger partial charge in [0.15, 0.2) is 0 Å². The summed E-state index contributed by atoms with van der Waals surface area (Å²) in [5, 5.41) is 8.44. The molecule has 1 saturated carbocycles. The standard InChI is InChI=1S/C7H9NO3/c8-6(9)2-1-4-3-5(4)7(10)11/h1-2,4-5H,3H2,(H2,8,9)(H,10,11)/b2-1+/t4-,5-/m1/s1. The molecule has 0 unspecified atom stereocenters. The molecule has 0 saturated heterocycles. The zero-order valence-electron chi connectivity index (χ0n) is 5.86. The number of primary amides is 1. The van der Waals surface area contributed by atoms with Gasteiger partial charge in [-0.3, -0.25) is 9.59 Å². The van der Waals surface area contributed by atoms with Crippen molar-refractivity contribution in [1.29, 1.82) is 0 Å². The van der Waals surface area contributed by atoms with Crippen molar-refractivity contribution in [3.63, 3.8) is 0 Å². The van der Waals surface area contributed by atoms with E-state index in [2.05, 4.69) is 0 Å². The highest BCUT2D eigenvalue weighted by atomic mass is 16.4. The van der Waals surface area contributed by atoms with E-state index in [-0.39, 0.29) is 11.8 Å². The van der Waals surface area contributed by atoms with Gasteiger partial charge in [0.1, 0.15) is 0 Å². The van der Waals surface area contributed by atoms with Crippen LogP contribution in [-0.4, -0.2) is 17.0 Å². The van der Waals surface area contributed by atoms with E-state index in [1.807, 2.05) is 0 Å². The zero-order chi connectivity index (χ0) is 8.43. The summed E-state index contributed by atoms with van der Waals surface area (Å²) in [4.78, 5) is 20.5. The summed E-state index contributed by atoms with van der Waals surface area (Å²) < 4.78 is 0. The molecule has 3 N–H and O–H groups in total. The van der Waals surface area contributed by atoms with E-state index < -0.39 is 11.9 Å². The van der Waals surface area contributed by atoms with Gasteiger partial charge in [0.25, 0.3) is 0 Å². The minimum absolute atomic E-state index is 0.0139. The van der Waals surface area contributed by atoms with Crippen molar-refractivity contribution in [2.24, 2.45) is 17.6 Å². The van der Waals surface area contributed by atoms with Crippen LogP contribution in [0.3, 0.4) is 0 Å². The minimum atomic E-state index is -0.802. The maximum atomic E-state index is 10.3. The van der Waals surface area contributed by atoms with Gasteiger partial charge >= 0.3 is 5.97 Å². The molecular formula is C7H9NO3. The van der Waals surface area contributed by atoms with Crippen LogP contribution in [0.4, 0.5) is 0 Å². The number of nitrogens with two attached hydrogens (primary N) is 1. The Morgan fingerprint density at radius 3 is 2.55 bits per heavy atom. The predicted molar refractivity (Wildman–Crippen MR) is 37.6 cm³/mol. The molecular weight excluding hydrogens is 146 g/mol. The van der Waals surface area contributed by atoms with Crippen LogP contribution in [0.2, 0.25) is 0 Å². The molecule has 0 aromatic rings. The van der Waals surface area contributed by atoms with Crippen molar-refractivity contribution in [3.05, 3.63) is 12.2 Å². The Balaban J connectivity index is 2.34. The Morgan fingerprint density at radius 2 is 2.18 bits per heavy atom. The first kappa shape index (κ1) is 7.78. The normalized spacial score (nSPS) is 28.7. The summed E-state index contributed by atoms with van der Waals surface area (Å²) in [6, 6.07) is 0. The van der Waals surface area contributed by atoms with E-state index in [1.54, 1.807) is 6.08 Å². The van der Waals surface area contributed by atoms with Crippen LogP contribution >= 0.6 is 0 Å². The lowest BCUT2D eigenvalue weighted by Gasteiger charge is -1.84. The number of allylic oxidation sites excluding steroid dienone is 1. The molecule has 1 aliphatic carbocycles. The number of hydrogen-bond donors (Lipinski definition) is 2. The number of carbonyl (C=O) groups is 2. The maximum Gasteiger partial charge on any atom is 0.307 e. The molecule has 0 bridgehead atoms. The number of carboxylic acid groups (broad SMARTS) is 1. The molecule has 0 aromatic carbocycles. The molecule has 11 heavy (non-hydrogen) atoms. The average molecular weight is 155 g/mol. The molecule has 4 heteroatoms. The van der Waals surface area contributed by atoms with Crippen molar-refractivity contribution in [2.45, 2.75) is 6.42 Å². The molecule has 2 atom stereocenters. The third-order valence-electron chi connectivity index (χ3n) is 1.66. The molecule has 1 rings (SSSR count). The lowest BCUT2D eigenvalue weighted by molar-refractivity contribution is -0.138. The summed E-state index contributed by atoms with van der Waals surface area (Å²) >= 11 is 0. The van der Waals surface area contributed by atoms with Gasteiger partial charge in [0.05, 0.1) is 5.92 Å². The molecule has 0 heterocycles. The van der Waals surface area contributed by atoms with Crippen molar-refractivity contribution in [1.82, 2.24) is 0 Å². The van der Waals surface area contributed by atoms with Gasteiger partial charge < -0.3 is 10.8 Å². The zero-order valence-corrected chi connectivity index (χ0v) is 5.86. The van der Waals surface area contributed by atoms with Crippen molar-refractivity contribution < 1.29 is 14.7 Å². The van der Waals surface area contributed by atoms with Gasteiger partial charge in [-0.15, -0.1) is 0 Å². The van der Waals surface area contributed by atoms with E-state index in [0.717, 1.165) is 0 Å². The molecule has 0 radical (unpaired) electrons. The Hall–Kier alpha value is -1.32. The number of aliphatic carboxylic acids is 1. The highest BCUT2D eigenvalue weighted by Crippen LogP contribution is 2.39. The molecule has 60 valence electrons. The monoisotopic (exact) mass is 155 g/mol. The summed E-state index contributed by atoms with van der Waals surface area (Å²) in [5.74, 6) is -1.62. The molecule has 1 aliphatic rings. The number of amides is 1. The van der Waals surface area contributed by atoms with E-state index in [9.17, 15) is 9.59 Å². The van der Waals surface area contributed by atoms with Crippen molar-refractivity contribution >= 4 is 11.9 Å². The van der Waals surface area contributed by atoms with E-state index in [1.165, 1.54) is 6.08 Å². The number of hydrogen-bond acceptors (Lipinski definition) is 2. The number of carbonyl (C=O) groups excluding carboxylic acids is 1.